The Labute approximate surface area is 63.1 Å². The van der Waals surface area contributed by atoms with Gasteiger partial charge in [0.15, 0.2) is 0 Å². The minimum absolute atomic E-state index is 1.16. The molecule has 0 fully saturated rings. The zero-order valence-electron chi connectivity index (χ0n) is 6.89. The van der Waals surface area contributed by atoms with Gasteiger partial charge >= 0.3 is 0 Å². The van der Waals surface area contributed by atoms with E-state index in [1.165, 1.54) is 0 Å². The summed E-state index contributed by atoms with van der Waals surface area (Å²) in [6.07, 6.45) is 0. The lowest BCUT2D eigenvalue weighted by molar-refractivity contribution is 1.50. The zero-order valence-corrected chi connectivity index (χ0v) is 6.89. The normalized spacial score (nSPS) is 7.50. The first kappa shape index (κ1) is 9.02. The minimum atomic E-state index is 1.16. The molecular weight excluding hydrogens is 122 g/mol. The highest BCUT2D eigenvalue weighted by atomic mass is 14.8. The van der Waals surface area contributed by atoms with Gasteiger partial charge in [-0.25, -0.2) is 0 Å². The molecule has 10 heavy (non-hydrogen) atoms. The molecule has 1 aromatic rings. The average Bonchev–Trinajstić information content (AvgIpc) is 2.10. The minimum Gasteiger partial charge on any atom is -0.388 e. The average molecular weight is 137 g/mol. The van der Waals surface area contributed by atoms with Crippen molar-refractivity contribution >= 4 is 5.69 Å². The van der Waals surface area contributed by atoms with Crippen LogP contribution in [0.3, 0.4) is 0 Å². The summed E-state index contributed by atoms with van der Waals surface area (Å²) in [6.45, 7) is 4.00. The van der Waals surface area contributed by atoms with E-state index in [0.29, 0.717) is 0 Å². The summed E-state index contributed by atoms with van der Waals surface area (Å²) in [7, 11) is 1.91. The lowest BCUT2D eigenvalue weighted by atomic mass is 10.3. The van der Waals surface area contributed by atoms with Crippen molar-refractivity contribution in [2.45, 2.75) is 13.8 Å². The molecule has 0 saturated heterocycles. The molecule has 1 N–H and O–H groups in total. The molecule has 0 spiro atoms. The van der Waals surface area contributed by atoms with Crippen molar-refractivity contribution in [2.75, 3.05) is 12.4 Å². The number of benzene rings is 1. The molecule has 1 rings (SSSR count). The van der Waals surface area contributed by atoms with Crippen molar-refractivity contribution in [3.05, 3.63) is 30.3 Å². The van der Waals surface area contributed by atoms with E-state index in [2.05, 4.69) is 5.32 Å². The molecule has 0 radical (unpaired) electrons. The van der Waals surface area contributed by atoms with E-state index in [9.17, 15) is 0 Å². The van der Waals surface area contributed by atoms with Gasteiger partial charge in [-0.05, 0) is 12.1 Å². The van der Waals surface area contributed by atoms with Gasteiger partial charge in [0, 0.05) is 12.7 Å². The van der Waals surface area contributed by atoms with Crippen molar-refractivity contribution in [1.82, 2.24) is 0 Å². The molecule has 1 nitrogen and oxygen atoms in total. The van der Waals surface area contributed by atoms with Crippen LogP contribution in [0, 0.1) is 0 Å². The Morgan fingerprint density at radius 3 is 1.80 bits per heavy atom. The van der Waals surface area contributed by atoms with E-state index in [-0.39, 0.29) is 0 Å². The second-order valence-electron chi connectivity index (χ2n) is 1.62. The molecule has 0 bridgehead atoms. The van der Waals surface area contributed by atoms with E-state index in [4.69, 9.17) is 0 Å². The molecule has 1 aromatic carbocycles. The maximum absolute atomic E-state index is 3.03. The van der Waals surface area contributed by atoms with Crippen LogP contribution in [-0.4, -0.2) is 7.05 Å². The van der Waals surface area contributed by atoms with Gasteiger partial charge in [-0.15, -0.1) is 0 Å². The predicted octanol–water partition coefficient (Wildman–Crippen LogP) is 2.75. The molecule has 0 amide bonds. The standard InChI is InChI=1S/C7H9N.C2H6/c1-8-7-5-3-2-4-6-7;1-2/h2-6,8H,1H3;1-2H3. The summed E-state index contributed by atoms with van der Waals surface area (Å²) in [6, 6.07) is 10.1. The maximum Gasteiger partial charge on any atom is 0.0337 e. The topological polar surface area (TPSA) is 12.0 Å². The van der Waals surface area contributed by atoms with Crippen molar-refractivity contribution in [2.24, 2.45) is 0 Å². The van der Waals surface area contributed by atoms with Gasteiger partial charge in [-0.3, -0.25) is 0 Å². The van der Waals surface area contributed by atoms with E-state index < -0.39 is 0 Å². The van der Waals surface area contributed by atoms with Crippen LogP contribution in [-0.2, 0) is 0 Å². The zero-order chi connectivity index (χ0) is 7.82. The highest BCUT2D eigenvalue weighted by Crippen LogP contribution is 2.01. The number of hydrogen-bond donors (Lipinski definition) is 1. The van der Waals surface area contributed by atoms with Gasteiger partial charge in [0.25, 0.3) is 0 Å². The molecular formula is C9H15N. The van der Waals surface area contributed by atoms with Gasteiger partial charge in [0.1, 0.15) is 0 Å². The van der Waals surface area contributed by atoms with E-state index >= 15 is 0 Å². The quantitative estimate of drug-likeness (QED) is 0.627. The fourth-order valence-corrected chi connectivity index (χ4v) is 0.605. The smallest absolute Gasteiger partial charge is 0.0337 e. The summed E-state index contributed by atoms with van der Waals surface area (Å²) in [5, 5.41) is 3.03. The Balaban J connectivity index is 0.000000371. The predicted molar refractivity (Wildman–Crippen MR) is 47.3 cm³/mol. The Morgan fingerprint density at radius 1 is 1.00 bits per heavy atom. The van der Waals surface area contributed by atoms with Crippen molar-refractivity contribution in [3.8, 4) is 0 Å². The third-order valence-corrected chi connectivity index (χ3v) is 1.06. The molecule has 0 atom stereocenters. The fourth-order valence-electron chi connectivity index (χ4n) is 0.605. The monoisotopic (exact) mass is 137 g/mol. The summed E-state index contributed by atoms with van der Waals surface area (Å²) in [5.74, 6) is 0. The number of hydrogen-bond acceptors (Lipinski definition) is 1. The van der Waals surface area contributed by atoms with Gasteiger partial charge < -0.3 is 5.32 Å². The van der Waals surface area contributed by atoms with Gasteiger partial charge in [-0.2, -0.15) is 0 Å². The number of nitrogens with one attached hydrogen (secondary N) is 1. The number of rotatable bonds is 1. The lowest BCUT2D eigenvalue weighted by Crippen LogP contribution is -1.84. The molecule has 0 saturated carbocycles. The van der Waals surface area contributed by atoms with E-state index in [0.717, 1.165) is 5.69 Å². The van der Waals surface area contributed by atoms with Crippen LogP contribution in [0.1, 0.15) is 13.8 Å². The molecule has 0 heterocycles. The molecule has 56 valence electrons. The second kappa shape index (κ2) is 6.14. The van der Waals surface area contributed by atoms with Crippen molar-refractivity contribution in [1.29, 1.82) is 0 Å². The van der Waals surface area contributed by atoms with Crippen LogP contribution in [0.4, 0.5) is 5.69 Å². The highest BCUT2D eigenvalue weighted by molar-refractivity contribution is 5.41. The van der Waals surface area contributed by atoms with Gasteiger partial charge in [0.2, 0.25) is 0 Å². The largest absolute Gasteiger partial charge is 0.388 e. The third-order valence-electron chi connectivity index (χ3n) is 1.06. The SMILES string of the molecule is CC.CNc1ccccc1. The lowest BCUT2D eigenvalue weighted by Gasteiger charge is -1.94. The fraction of sp³-hybridized carbons (Fsp3) is 0.333. The van der Waals surface area contributed by atoms with Crippen molar-refractivity contribution in [3.63, 3.8) is 0 Å². The van der Waals surface area contributed by atoms with E-state index in [1.807, 2.05) is 51.2 Å². The molecule has 0 aliphatic carbocycles. The summed E-state index contributed by atoms with van der Waals surface area (Å²) < 4.78 is 0. The molecule has 0 aliphatic rings. The molecule has 0 aliphatic heterocycles. The van der Waals surface area contributed by atoms with Crippen LogP contribution in [0.25, 0.3) is 0 Å². The Bertz CT molecular complexity index is 146. The Hall–Kier alpha value is -0.980. The summed E-state index contributed by atoms with van der Waals surface area (Å²) in [4.78, 5) is 0. The van der Waals surface area contributed by atoms with Gasteiger partial charge in [0.05, 0.1) is 0 Å². The first-order valence-electron chi connectivity index (χ1n) is 3.66. The van der Waals surface area contributed by atoms with Crippen LogP contribution in [0.2, 0.25) is 0 Å². The second-order valence-corrected chi connectivity index (χ2v) is 1.62. The number of anilines is 1. The summed E-state index contributed by atoms with van der Waals surface area (Å²) >= 11 is 0. The molecule has 0 unspecified atom stereocenters. The molecule has 1 heteroatoms. The Morgan fingerprint density at radius 2 is 1.50 bits per heavy atom. The van der Waals surface area contributed by atoms with Gasteiger partial charge in [-0.1, -0.05) is 32.0 Å². The maximum atomic E-state index is 3.03. The first-order valence-corrected chi connectivity index (χ1v) is 3.66. The van der Waals surface area contributed by atoms with Crippen LogP contribution in [0.5, 0.6) is 0 Å². The Kier molecular flexibility index (Phi) is 5.54. The first-order chi connectivity index (χ1) is 4.93. The van der Waals surface area contributed by atoms with Crippen molar-refractivity contribution < 1.29 is 0 Å². The molecule has 0 aromatic heterocycles. The summed E-state index contributed by atoms with van der Waals surface area (Å²) in [5.41, 5.74) is 1.16. The van der Waals surface area contributed by atoms with Crippen LogP contribution >= 0.6 is 0 Å². The highest BCUT2D eigenvalue weighted by Gasteiger charge is 1.77. The third kappa shape index (κ3) is 3.13. The number of para-hydroxylation sites is 1. The van der Waals surface area contributed by atoms with Crippen LogP contribution < -0.4 is 5.32 Å². The van der Waals surface area contributed by atoms with Crippen LogP contribution in [0.15, 0.2) is 30.3 Å². The van der Waals surface area contributed by atoms with E-state index in [1.54, 1.807) is 0 Å².